The van der Waals surface area contributed by atoms with Gasteiger partial charge in [-0.2, -0.15) is 0 Å². The minimum absolute atomic E-state index is 0.0507. The summed E-state index contributed by atoms with van der Waals surface area (Å²) in [5.74, 6) is -0.477. The first-order valence-corrected chi connectivity index (χ1v) is 12.5. The molecule has 34 heavy (non-hydrogen) atoms. The van der Waals surface area contributed by atoms with Crippen LogP contribution in [-0.2, 0) is 16.6 Å². The number of anilines is 2. The molecule has 0 aliphatic carbocycles. The van der Waals surface area contributed by atoms with Crippen LogP contribution in [0.1, 0.15) is 15.9 Å². The Morgan fingerprint density at radius 2 is 1.38 bits per heavy atom. The minimum Gasteiger partial charge on any atom is -0.322 e. The standard InChI is InChI=1S/C26H20Cl2N2O3S/c27-23-16-15-20(17-24(23)28)29-26(31)22-13-7-8-14-25(22)30(18-19-9-3-1-4-10-19)34(32,33)21-11-5-2-6-12-21/h1-17H,18H2,(H,29,31). The number of nitrogens with zero attached hydrogens (tertiary/aromatic N) is 1. The summed E-state index contributed by atoms with van der Waals surface area (Å²) in [7, 11) is -3.98. The van der Waals surface area contributed by atoms with Crippen molar-refractivity contribution >= 4 is 50.5 Å². The number of hydrogen-bond acceptors (Lipinski definition) is 3. The number of benzene rings is 4. The van der Waals surface area contributed by atoms with Gasteiger partial charge in [-0.15, -0.1) is 0 Å². The third-order valence-electron chi connectivity index (χ3n) is 5.10. The summed E-state index contributed by atoms with van der Waals surface area (Å²) in [4.78, 5) is 13.4. The average molecular weight is 511 g/mol. The maximum Gasteiger partial charge on any atom is 0.264 e. The molecule has 0 heterocycles. The van der Waals surface area contributed by atoms with E-state index in [0.29, 0.717) is 15.7 Å². The van der Waals surface area contributed by atoms with E-state index < -0.39 is 15.9 Å². The van der Waals surface area contributed by atoms with E-state index in [1.807, 2.05) is 30.3 Å². The van der Waals surface area contributed by atoms with Crippen LogP contribution >= 0.6 is 23.2 Å². The third kappa shape index (κ3) is 5.25. The van der Waals surface area contributed by atoms with Crippen molar-refractivity contribution in [3.8, 4) is 0 Å². The molecule has 0 fully saturated rings. The molecule has 172 valence electrons. The van der Waals surface area contributed by atoms with Crippen LogP contribution < -0.4 is 9.62 Å². The van der Waals surface area contributed by atoms with E-state index in [2.05, 4.69) is 5.32 Å². The van der Waals surface area contributed by atoms with Crippen LogP contribution in [-0.4, -0.2) is 14.3 Å². The highest BCUT2D eigenvalue weighted by Gasteiger charge is 2.28. The number of carbonyl (C=O) groups is 1. The predicted octanol–water partition coefficient (Wildman–Crippen LogP) is 6.64. The Kier molecular flexibility index (Phi) is 7.22. The van der Waals surface area contributed by atoms with Gasteiger partial charge in [0.05, 0.1) is 32.7 Å². The quantitative estimate of drug-likeness (QED) is 0.303. The molecule has 0 atom stereocenters. The molecular formula is C26H20Cl2N2O3S. The molecule has 4 aromatic carbocycles. The summed E-state index contributed by atoms with van der Waals surface area (Å²) >= 11 is 12.0. The van der Waals surface area contributed by atoms with Gasteiger partial charge in [0.25, 0.3) is 15.9 Å². The lowest BCUT2D eigenvalue weighted by Gasteiger charge is -2.26. The first-order chi connectivity index (χ1) is 16.4. The lowest BCUT2D eigenvalue weighted by atomic mass is 10.1. The Bertz CT molecular complexity index is 1410. The summed E-state index contributed by atoms with van der Waals surface area (Å²) in [6, 6.07) is 28.7. The van der Waals surface area contributed by atoms with E-state index in [4.69, 9.17) is 23.2 Å². The second-order valence-electron chi connectivity index (χ2n) is 7.41. The highest BCUT2D eigenvalue weighted by Crippen LogP contribution is 2.31. The highest BCUT2D eigenvalue weighted by atomic mass is 35.5. The van der Waals surface area contributed by atoms with Crippen molar-refractivity contribution in [3.05, 3.63) is 124 Å². The van der Waals surface area contributed by atoms with Gasteiger partial charge in [0.2, 0.25) is 0 Å². The van der Waals surface area contributed by atoms with E-state index >= 15 is 0 Å². The Morgan fingerprint density at radius 1 is 0.765 bits per heavy atom. The van der Waals surface area contributed by atoms with Crippen LogP contribution in [0.15, 0.2) is 108 Å². The smallest absolute Gasteiger partial charge is 0.264 e. The van der Waals surface area contributed by atoms with Gasteiger partial charge in [-0.05, 0) is 48.0 Å². The van der Waals surface area contributed by atoms with Crippen LogP contribution in [0.4, 0.5) is 11.4 Å². The van der Waals surface area contributed by atoms with E-state index in [9.17, 15) is 13.2 Å². The SMILES string of the molecule is O=C(Nc1ccc(Cl)c(Cl)c1)c1ccccc1N(Cc1ccccc1)S(=O)(=O)c1ccccc1. The summed E-state index contributed by atoms with van der Waals surface area (Å²) < 4.78 is 28.7. The van der Waals surface area contributed by atoms with E-state index in [0.717, 1.165) is 5.56 Å². The van der Waals surface area contributed by atoms with Crippen molar-refractivity contribution in [2.75, 3.05) is 9.62 Å². The van der Waals surface area contributed by atoms with Crippen molar-refractivity contribution in [2.24, 2.45) is 0 Å². The number of nitrogens with one attached hydrogen (secondary N) is 1. The lowest BCUT2D eigenvalue weighted by Crippen LogP contribution is -2.32. The van der Waals surface area contributed by atoms with Gasteiger partial charge in [0.15, 0.2) is 0 Å². The maximum atomic E-state index is 13.7. The summed E-state index contributed by atoms with van der Waals surface area (Å²) in [5.41, 5.74) is 1.67. The zero-order valence-electron chi connectivity index (χ0n) is 17.9. The Labute approximate surface area is 208 Å². The number of halogens is 2. The summed E-state index contributed by atoms with van der Waals surface area (Å²) in [6.45, 7) is 0.0507. The van der Waals surface area contributed by atoms with Gasteiger partial charge in [-0.1, -0.05) is 83.9 Å². The molecule has 0 unspecified atom stereocenters. The molecule has 0 saturated heterocycles. The maximum absolute atomic E-state index is 13.7. The molecule has 1 N–H and O–H groups in total. The number of sulfonamides is 1. The van der Waals surface area contributed by atoms with Crippen molar-refractivity contribution in [2.45, 2.75) is 11.4 Å². The molecule has 0 aliphatic heterocycles. The van der Waals surface area contributed by atoms with Crippen LogP contribution in [0.25, 0.3) is 0 Å². The molecule has 0 aliphatic rings. The first-order valence-electron chi connectivity index (χ1n) is 10.3. The van der Waals surface area contributed by atoms with E-state index in [1.165, 1.54) is 22.5 Å². The van der Waals surface area contributed by atoms with E-state index in [-0.39, 0.29) is 22.7 Å². The van der Waals surface area contributed by atoms with Gasteiger partial charge >= 0.3 is 0 Å². The van der Waals surface area contributed by atoms with Crippen molar-refractivity contribution in [3.63, 3.8) is 0 Å². The fraction of sp³-hybridized carbons (Fsp3) is 0.0385. The Morgan fingerprint density at radius 3 is 2.06 bits per heavy atom. The Hall–Kier alpha value is -3.32. The van der Waals surface area contributed by atoms with E-state index in [1.54, 1.807) is 54.6 Å². The number of carbonyl (C=O) groups excluding carboxylic acids is 1. The zero-order chi connectivity index (χ0) is 24.1. The molecule has 1 amide bonds. The first kappa shape index (κ1) is 23.8. The van der Waals surface area contributed by atoms with Crippen LogP contribution in [0, 0.1) is 0 Å². The summed E-state index contributed by atoms with van der Waals surface area (Å²) in [5, 5.41) is 3.43. The molecular weight excluding hydrogens is 491 g/mol. The van der Waals surface area contributed by atoms with Crippen LogP contribution in [0.3, 0.4) is 0 Å². The highest BCUT2D eigenvalue weighted by molar-refractivity contribution is 7.92. The molecule has 4 aromatic rings. The Balaban J connectivity index is 1.77. The molecule has 0 spiro atoms. The number of rotatable bonds is 7. The van der Waals surface area contributed by atoms with Crippen molar-refractivity contribution in [1.82, 2.24) is 0 Å². The van der Waals surface area contributed by atoms with Crippen LogP contribution in [0.2, 0.25) is 10.0 Å². The second kappa shape index (κ2) is 10.3. The normalized spacial score (nSPS) is 11.1. The minimum atomic E-state index is -3.98. The fourth-order valence-corrected chi connectivity index (χ4v) is 5.21. The molecule has 4 rings (SSSR count). The van der Waals surface area contributed by atoms with Gasteiger partial charge in [-0.3, -0.25) is 9.10 Å². The monoisotopic (exact) mass is 510 g/mol. The van der Waals surface area contributed by atoms with Crippen molar-refractivity contribution in [1.29, 1.82) is 0 Å². The van der Waals surface area contributed by atoms with Crippen molar-refractivity contribution < 1.29 is 13.2 Å². The van der Waals surface area contributed by atoms with Gasteiger partial charge in [0, 0.05) is 5.69 Å². The fourth-order valence-electron chi connectivity index (χ4n) is 3.42. The molecule has 0 saturated carbocycles. The van der Waals surface area contributed by atoms with Gasteiger partial charge in [-0.25, -0.2) is 8.42 Å². The molecule has 0 radical (unpaired) electrons. The molecule has 8 heteroatoms. The molecule has 5 nitrogen and oxygen atoms in total. The average Bonchev–Trinajstić information content (AvgIpc) is 2.86. The zero-order valence-corrected chi connectivity index (χ0v) is 20.2. The second-order valence-corrected chi connectivity index (χ2v) is 10.1. The molecule has 0 aromatic heterocycles. The lowest BCUT2D eigenvalue weighted by molar-refractivity contribution is 0.102. The largest absolute Gasteiger partial charge is 0.322 e. The number of hydrogen-bond donors (Lipinski definition) is 1. The predicted molar refractivity (Wildman–Crippen MR) is 137 cm³/mol. The topological polar surface area (TPSA) is 66.5 Å². The van der Waals surface area contributed by atoms with Crippen LogP contribution in [0.5, 0.6) is 0 Å². The molecule has 0 bridgehead atoms. The van der Waals surface area contributed by atoms with Gasteiger partial charge < -0.3 is 5.32 Å². The van der Waals surface area contributed by atoms with Gasteiger partial charge in [0.1, 0.15) is 0 Å². The third-order valence-corrected chi connectivity index (χ3v) is 7.61. The summed E-state index contributed by atoms with van der Waals surface area (Å²) in [6.07, 6.45) is 0. The number of para-hydroxylation sites is 1. The number of amides is 1.